The SMILES string of the molecule is CC(C)OP1(=O)OC[C@H]2O[C@@H](n3cnc4c(OCc5ccccc5)nc(N)nc43)[C@](C)(F)[C@@H]2O1. The van der Waals surface area contributed by atoms with E-state index in [1.165, 1.54) is 17.8 Å². The lowest BCUT2D eigenvalue weighted by Gasteiger charge is -2.34. The first-order valence-electron chi connectivity index (χ1n) is 10.8. The van der Waals surface area contributed by atoms with Crippen LogP contribution in [0.4, 0.5) is 10.3 Å². The van der Waals surface area contributed by atoms with Crippen LogP contribution in [0, 0.1) is 0 Å². The van der Waals surface area contributed by atoms with E-state index in [1.54, 1.807) is 13.8 Å². The second-order valence-corrected chi connectivity index (χ2v) is 10.2. The maximum atomic E-state index is 16.1. The monoisotopic (exact) mass is 493 g/mol. The average molecular weight is 493 g/mol. The van der Waals surface area contributed by atoms with Crippen LogP contribution in [0.15, 0.2) is 36.7 Å². The number of benzene rings is 1. The summed E-state index contributed by atoms with van der Waals surface area (Å²) in [7, 11) is -3.94. The number of fused-ring (bicyclic) bond motifs is 2. The van der Waals surface area contributed by atoms with Crippen LogP contribution in [0.3, 0.4) is 0 Å². The predicted octanol–water partition coefficient (Wildman–Crippen LogP) is 3.56. The van der Waals surface area contributed by atoms with Gasteiger partial charge < -0.3 is 15.2 Å². The molecule has 182 valence electrons. The first kappa shape index (κ1) is 23.1. The van der Waals surface area contributed by atoms with Crippen molar-refractivity contribution in [2.45, 2.75) is 57.6 Å². The molecule has 2 aliphatic heterocycles. The van der Waals surface area contributed by atoms with Gasteiger partial charge in [-0.2, -0.15) is 9.97 Å². The van der Waals surface area contributed by atoms with Gasteiger partial charge in [0.25, 0.3) is 0 Å². The Hall–Kier alpha value is -2.63. The first-order chi connectivity index (χ1) is 16.2. The molecular weight excluding hydrogens is 468 g/mol. The fourth-order valence-electron chi connectivity index (χ4n) is 4.06. The minimum atomic E-state index is -3.94. The van der Waals surface area contributed by atoms with E-state index in [1.807, 2.05) is 30.3 Å². The molecule has 0 bridgehead atoms. The summed E-state index contributed by atoms with van der Waals surface area (Å²) in [5.41, 5.74) is 5.24. The lowest BCUT2D eigenvalue weighted by molar-refractivity contribution is -0.0733. The van der Waals surface area contributed by atoms with Crippen LogP contribution in [0.1, 0.15) is 32.6 Å². The highest BCUT2D eigenvalue weighted by Crippen LogP contribution is 2.60. The summed E-state index contributed by atoms with van der Waals surface area (Å²) in [6.07, 6.45) is -2.28. The van der Waals surface area contributed by atoms with Gasteiger partial charge in [0.1, 0.15) is 18.8 Å². The number of phosphoric ester groups is 1. The van der Waals surface area contributed by atoms with Gasteiger partial charge in [-0.1, -0.05) is 30.3 Å². The number of aromatic nitrogens is 4. The zero-order valence-corrected chi connectivity index (χ0v) is 19.7. The maximum Gasteiger partial charge on any atom is 0.475 e. The van der Waals surface area contributed by atoms with Gasteiger partial charge in [-0.3, -0.25) is 18.1 Å². The van der Waals surface area contributed by atoms with Crippen molar-refractivity contribution in [1.82, 2.24) is 19.5 Å². The summed E-state index contributed by atoms with van der Waals surface area (Å²) >= 11 is 0. The second kappa shape index (κ2) is 8.54. The molecule has 0 radical (unpaired) electrons. The number of anilines is 1. The molecule has 1 aromatic carbocycles. The standard InChI is InChI=1S/C21H25FN5O6P/c1-12(2)32-34(28)30-10-14-16(33-34)21(3,22)19(31-14)27-11-24-15-17(27)25-20(23)26-18(15)29-9-13-7-5-4-6-8-13/h4-8,11-12,14,16,19H,9-10H2,1-3H3,(H2,23,25,26)/t14-,16-,19-,21-,34?/m1/s1. The van der Waals surface area contributed by atoms with Gasteiger partial charge in [-0.15, -0.1) is 0 Å². The van der Waals surface area contributed by atoms with Crippen molar-refractivity contribution < 1.29 is 32.0 Å². The second-order valence-electron chi connectivity index (χ2n) is 8.59. The molecule has 0 saturated carbocycles. The largest absolute Gasteiger partial charge is 0.475 e. The van der Waals surface area contributed by atoms with Crippen LogP contribution in [0.2, 0.25) is 0 Å². The Bertz CT molecular complexity index is 1240. The molecule has 2 aromatic heterocycles. The van der Waals surface area contributed by atoms with Crippen molar-refractivity contribution in [2.24, 2.45) is 0 Å². The third kappa shape index (κ3) is 4.16. The minimum absolute atomic E-state index is 0.0669. The van der Waals surface area contributed by atoms with Crippen LogP contribution in [-0.4, -0.2) is 50.1 Å². The number of imidazole rings is 1. The highest BCUT2D eigenvalue weighted by Gasteiger charge is 2.61. The fraction of sp³-hybridized carbons (Fsp3) is 0.476. The number of rotatable bonds is 6. The molecule has 0 spiro atoms. The Kier molecular flexibility index (Phi) is 5.81. The molecule has 5 rings (SSSR count). The summed E-state index contributed by atoms with van der Waals surface area (Å²) in [5.74, 6) is 0.0956. The summed E-state index contributed by atoms with van der Waals surface area (Å²) in [5, 5.41) is 0. The molecule has 5 atom stereocenters. The van der Waals surface area contributed by atoms with Crippen molar-refractivity contribution in [3.8, 4) is 5.88 Å². The van der Waals surface area contributed by atoms with Gasteiger partial charge >= 0.3 is 7.82 Å². The van der Waals surface area contributed by atoms with E-state index in [0.717, 1.165) is 5.56 Å². The van der Waals surface area contributed by atoms with Crippen molar-refractivity contribution in [2.75, 3.05) is 12.3 Å². The number of alkyl halides is 1. The lowest BCUT2D eigenvalue weighted by atomic mass is 9.98. The van der Waals surface area contributed by atoms with E-state index in [9.17, 15) is 4.57 Å². The van der Waals surface area contributed by atoms with E-state index in [0.29, 0.717) is 5.52 Å². The number of nitrogen functional groups attached to an aromatic ring is 1. The molecule has 13 heteroatoms. The zero-order chi connectivity index (χ0) is 24.1. The van der Waals surface area contributed by atoms with Crippen molar-refractivity contribution >= 4 is 24.9 Å². The normalized spacial score (nSPS) is 31.1. The molecule has 2 fully saturated rings. The Morgan fingerprint density at radius 2 is 2.09 bits per heavy atom. The molecule has 0 aliphatic carbocycles. The third-order valence-electron chi connectivity index (χ3n) is 5.54. The predicted molar refractivity (Wildman–Crippen MR) is 119 cm³/mol. The van der Waals surface area contributed by atoms with Crippen molar-refractivity contribution in [3.05, 3.63) is 42.2 Å². The fourth-order valence-corrected chi connectivity index (χ4v) is 5.70. The Balaban J connectivity index is 1.44. The van der Waals surface area contributed by atoms with Crippen LogP contribution in [0.25, 0.3) is 11.2 Å². The minimum Gasteiger partial charge on any atom is -0.471 e. The van der Waals surface area contributed by atoms with Crippen LogP contribution in [-0.2, 0) is 29.5 Å². The van der Waals surface area contributed by atoms with Gasteiger partial charge in [0.05, 0.1) is 19.0 Å². The number of halogens is 1. The van der Waals surface area contributed by atoms with Gasteiger partial charge in [-0.25, -0.2) is 13.9 Å². The summed E-state index contributed by atoms with van der Waals surface area (Å²) in [6.45, 7) is 4.75. The smallest absolute Gasteiger partial charge is 0.471 e. The van der Waals surface area contributed by atoms with Gasteiger partial charge in [-0.05, 0) is 26.3 Å². The van der Waals surface area contributed by atoms with Gasteiger partial charge in [0.15, 0.2) is 23.1 Å². The Labute approximate surface area is 195 Å². The Morgan fingerprint density at radius 1 is 1.32 bits per heavy atom. The first-order valence-corrected chi connectivity index (χ1v) is 12.2. The average Bonchev–Trinajstić information content (AvgIpc) is 3.30. The molecule has 11 nitrogen and oxygen atoms in total. The van der Waals surface area contributed by atoms with E-state index in [4.69, 9.17) is 28.8 Å². The van der Waals surface area contributed by atoms with E-state index < -0.39 is 38.0 Å². The van der Waals surface area contributed by atoms with E-state index >= 15 is 4.39 Å². The number of hydrogen-bond acceptors (Lipinski definition) is 10. The molecule has 1 unspecified atom stereocenters. The zero-order valence-electron chi connectivity index (χ0n) is 18.8. The van der Waals surface area contributed by atoms with E-state index in [2.05, 4.69) is 15.0 Å². The quantitative estimate of drug-likeness (QED) is 0.508. The molecule has 0 amide bonds. The molecule has 4 heterocycles. The van der Waals surface area contributed by atoms with Crippen LogP contribution >= 0.6 is 7.82 Å². The highest BCUT2D eigenvalue weighted by molar-refractivity contribution is 7.48. The molecular formula is C21H25FN5O6P. The lowest BCUT2D eigenvalue weighted by Crippen LogP contribution is -2.45. The number of ether oxygens (including phenoxy) is 2. The van der Waals surface area contributed by atoms with Crippen molar-refractivity contribution in [3.63, 3.8) is 0 Å². The molecule has 2 N–H and O–H groups in total. The summed E-state index contributed by atoms with van der Waals surface area (Å²) < 4.78 is 58.1. The highest BCUT2D eigenvalue weighted by atomic mass is 31.2. The number of nitrogens with zero attached hydrogens (tertiary/aromatic N) is 4. The Morgan fingerprint density at radius 3 is 2.82 bits per heavy atom. The van der Waals surface area contributed by atoms with E-state index in [-0.39, 0.29) is 30.7 Å². The number of phosphoric acid groups is 1. The van der Waals surface area contributed by atoms with Gasteiger partial charge in [0.2, 0.25) is 11.8 Å². The molecule has 34 heavy (non-hydrogen) atoms. The number of hydrogen-bond donors (Lipinski definition) is 1. The number of nitrogens with two attached hydrogens (primary N) is 1. The topological polar surface area (TPSA) is 133 Å². The molecule has 3 aromatic rings. The van der Waals surface area contributed by atoms with Crippen LogP contribution in [0.5, 0.6) is 5.88 Å². The summed E-state index contributed by atoms with van der Waals surface area (Å²) in [4.78, 5) is 12.7. The third-order valence-corrected chi connectivity index (χ3v) is 7.17. The molecule has 2 saturated heterocycles. The van der Waals surface area contributed by atoms with Gasteiger partial charge in [0, 0.05) is 0 Å². The summed E-state index contributed by atoms with van der Waals surface area (Å²) in [6, 6.07) is 9.52. The molecule has 2 aliphatic rings. The van der Waals surface area contributed by atoms with Crippen molar-refractivity contribution in [1.29, 1.82) is 0 Å². The van der Waals surface area contributed by atoms with Crippen LogP contribution < -0.4 is 10.5 Å². The maximum absolute atomic E-state index is 16.1.